The van der Waals surface area contributed by atoms with Gasteiger partial charge in [0, 0.05) is 0 Å². The van der Waals surface area contributed by atoms with Gasteiger partial charge in [-0.3, -0.25) is 4.79 Å². The van der Waals surface area contributed by atoms with Gasteiger partial charge in [-0.25, -0.2) is 0 Å². The summed E-state index contributed by atoms with van der Waals surface area (Å²) in [5.74, 6) is -0.200. The van der Waals surface area contributed by atoms with E-state index >= 15 is 0 Å². The molecule has 0 aliphatic rings. The van der Waals surface area contributed by atoms with Crippen molar-refractivity contribution < 1.29 is 9.53 Å². The number of aryl methyl sites for hydroxylation is 1. The molecule has 2 aromatic carbocycles. The number of rotatable bonds is 2. The van der Waals surface area contributed by atoms with Gasteiger partial charge in [0.2, 0.25) is 0 Å². The molecule has 0 radical (unpaired) electrons. The van der Waals surface area contributed by atoms with E-state index in [1.807, 2.05) is 19.1 Å². The van der Waals surface area contributed by atoms with Gasteiger partial charge >= 0.3 is 5.97 Å². The summed E-state index contributed by atoms with van der Waals surface area (Å²) in [4.78, 5) is 11.3. The molecular weight excluding hydrogens is 200 g/mol. The Labute approximate surface area is 94.8 Å². The fourth-order valence-electron chi connectivity index (χ4n) is 1.83. The minimum atomic E-state index is -0.200. The van der Waals surface area contributed by atoms with Gasteiger partial charge in [-0.1, -0.05) is 42.0 Å². The third-order valence-corrected chi connectivity index (χ3v) is 2.69. The van der Waals surface area contributed by atoms with E-state index in [1.165, 1.54) is 12.7 Å². The Kier molecular flexibility index (Phi) is 2.91. The summed E-state index contributed by atoms with van der Waals surface area (Å²) in [5.41, 5.74) is 2.22. The predicted octanol–water partition coefficient (Wildman–Crippen LogP) is 2.86. The van der Waals surface area contributed by atoms with E-state index in [1.54, 1.807) is 0 Å². The van der Waals surface area contributed by atoms with Gasteiger partial charge in [0.1, 0.15) is 0 Å². The Balaban J connectivity index is 2.52. The first-order valence-corrected chi connectivity index (χ1v) is 5.26. The fraction of sp³-hybridized carbons (Fsp3) is 0.214. The fourth-order valence-corrected chi connectivity index (χ4v) is 1.83. The molecule has 0 fully saturated rings. The molecule has 0 atom stereocenters. The second-order valence-electron chi connectivity index (χ2n) is 3.89. The lowest BCUT2D eigenvalue weighted by atomic mass is 10.0. The highest BCUT2D eigenvalue weighted by Crippen LogP contribution is 2.20. The van der Waals surface area contributed by atoms with E-state index < -0.39 is 0 Å². The zero-order valence-electron chi connectivity index (χ0n) is 9.49. The summed E-state index contributed by atoms with van der Waals surface area (Å²) >= 11 is 0. The molecule has 0 saturated heterocycles. The van der Waals surface area contributed by atoms with Crippen LogP contribution in [0.3, 0.4) is 0 Å². The number of carbonyl (C=O) groups is 1. The van der Waals surface area contributed by atoms with Crippen LogP contribution in [-0.4, -0.2) is 13.1 Å². The number of hydrogen-bond donors (Lipinski definition) is 0. The van der Waals surface area contributed by atoms with Crippen LogP contribution < -0.4 is 0 Å². The van der Waals surface area contributed by atoms with E-state index in [2.05, 4.69) is 24.3 Å². The lowest BCUT2D eigenvalue weighted by molar-refractivity contribution is -0.139. The highest BCUT2D eigenvalue weighted by Gasteiger charge is 2.06. The monoisotopic (exact) mass is 214 g/mol. The lowest BCUT2D eigenvalue weighted by Crippen LogP contribution is -2.04. The molecule has 0 aliphatic heterocycles. The second-order valence-corrected chi connectivity index (χ2v) is 3.89. The Morgan fingerprint density at radius 1 is 1.25 bits per heavy atom. The minimum Gasteiger partial charge on any atom is -0.469 e. The van der Waals surface area contributed by atoms with Crippen LogP contribution in [0.5, 0.6) is 0 Å². The van der Waals surface area contributed by atoms with E-state index in [4.69, 9.17) is 4.74 Å². The van der Waals surface area contributed by atoms with E-state index in [0.29, 0.717) is 6.42 Å². The summed E-state index contributed by atoms with van der Waals surface area (Å²) in [6.45, 7) is 2.05. The van der Waals surface area contributed by atoms with Crippen molar-refractivity contribution in [3.63, 3.8) is 0 Å². The first kappa shape index (κ1) is 10.7. The molecule has 0 aliphatic carbocycles. The van der Waals surface area contributed by atoms with E-state index in [9.17, 15) is 4.79 Å². The molecule has 2 aromatic rings. The molecule has 2 rings (SSSR count). The number of hydrogen-bond acceptors (Lipinski definition) is 2. The Bertz CT molecular complexity index is 529. The molecule has 82 valence electrons. The first-order valence-electron chi connectivity index (χ1n) is 5.26. The van der Waals surface area contributed by atoms with Crippen LogP contribution in [0, 0.1) is 6.92 Å². The molecule has 0 spiro atoms. The largest absolute Gasteiger partial charge is 0.469 e. The van der Waals surface area contributed by atoms with Gasteiger partial charge in [-0.05, 0) is 23.3 Å². The quantitative estimate of drug-likeness (QED) is 0.718. The average molecular weight is 214 g/mol. The Morgan fingerprint density at radius 2 is 2.06 bits per heavy atom. The van der Waals surface area contributed by atoms with Crippen molar-refractivity contribution in [3.8, 4) is 0 Å². The second kappa shape index (κ2) is 4.35. The van der Waals surface area contributed by atoms with Crippen LogP contribution in [0.25, 0.3) is 10.8 Å². The Hall–Kier alpha value is -1.83. The topological polar surface area (TPSA) is 26.3 Å². The zero-order valence-corrected chi connectivity index (χ0v) is 9.49. The number of carbonyl (C=O) groups excluding carboxylic acids is 1. The third-order valence-electron chi connectivity index (χ3n) is 2.69. The number of ether oxygens (including phenoxy) is 1. The van der Waals surface area contributed by atoms with Gasteiger partial charge in [-0.15, -0.1) is 0 Å². The maximum Gasteiger partial charge on any atom is 0.309 e. The minimum absolute atomic E-state index is 0.200. The van der Waals surface area contributed by atoms with Crippen molar-refractivity contribution in [3.05, 3.63) is 47.5 Å². The molecule has 0 saturated carbocycles. The van der Waals surface area contributed by atoms with E-state index in [0.717, 1.165) is 16.3 Å². The zero-order chi connectivity index (χ0) is 11.5. The van der Waals surface area contributed by atoms with Gasteiger partial charge in [0.05, 0.1) is 13.5 Å². The lowest BCUT2D eigenvalue weighted by Gasteiger charge is -2.06. The van der Waals surface area contributed by atoms with Crippen molar-refractivity contribution >= 4 is 16.7 Å². The van der Waals surface area contributed by atoms with Crippen molar-refractivity contribution in [2.75, 3.05) is 7.11 Å². The van der Waals surface area contributed by atoms with Crippen LogP contribution in [0.4, 0.5) is 0 Å². The predicted molar refractivity (Wildman–Crippen MR) is 64.4 cm³/mol. The molecule has 0 N–H and O–H groups in total. The third kappa shape index (κ3) is 2.06. The van der Waals surface area contributed by atoms with E-state index in [-0.39, 0.29) is 5.97 Å². The molecule has 16 heavy (non-hydrogen) atoms. The Morgan fingerprint density at radius 3 is 2.81 bits per heavy atom. The van der Waals surface area contributed by atoms with Crippen LogP contribution >= 0.6 is 0 Å². The molecule has 2 nitrogen and oxygen atoms in total. The van der Waals surface area contributed by atoms with Crippen molar-refractivity contribution in [2.45, 2.75) is 13.3 Å². The number of fused-ring (bicyclic) bond motifs is 1. The van der Waals surface area contributed by atoms with Crippen LogP contribution in [0.15, 0.2) is 36.4 Å². The summed E-state index contributed by atoms with van der Waals surface area (Å²) in [5, 5.41) is 2.29. The smallest absolute Gasteiger partial charge is 0.309 e. The van der Waals surface area contributed by atoms with Crippen molar-refractivity contribution in [2.24, 2.45) is 0 Å². The normalized spacial score (nSPS) is 10.4. The van der Waals surface area contributed by atoms with Crippen molar-refractivity contribution in [1.29, 1.82) is 0 Å². The maximum absolute atomic E-state index is 11.3. The molecule has 2 heteroatoms. The first-order chi connectivity index (χ1) is 7.70. The standard InChI is InChI=1S/C14H14O2/c1-10-6-7-11-4-3-5-12(13(11)8-10)9-14(15)16-2/h3-8H,9H2,1-2H3. The van der Waals surface area contributed by atoms with Gasteiger partial charge in [-0.2, -0.15) is 0 Å². The molecule has 0 aromatic heterocycles. The van der Waals surface area contributed by atoms with Gasteiger partial charge < -0.3 is 4.74 Å². The van der Waals surface area contributed by atoms with Crippen molar-refractivity contribution in [1.82, 2.24) is 0 Å². The number of methoxy groups -OCH3 is 1. The molecular formula is C14H14O2. The SMILES string of the molecule is COC(=O)Cc1cccc2ccc(C)cc12. The highest BCUT2D eigenvalue weighted by molar-refractivity contribution is 5.89. The summed E-state index contributed by atoms with van der Waals surface area (Å²) < 4.78 is 4.69. The highest BCUT2D eigenvalue weighted by atomic mass is 16.5. The average Bonchev–Trinajstić information content (AvgIpc) is 2.29. The number of esters is 1. The maximum atomic E-state index is 11.3. The molecule has 0 amide bonds. The molecule has 0 unspecified atom stereocenters. The van der Waals surface area contributed by atoms with Gasteiger partial charge in [0.15, 0.2) is 0 Å². The molecule has 0 heterocycles. The summed E-state index contributed by atoms with van der Waals surface area (Å²) in [6, 6.07) is 12.2. The summed E-state index contributed by atoms with van der Waals surface area (Å²) in [7, 11) is 1.42. The van der Waals surface area contributed by atoms with Gasteiger partial charge in [0.25, 0.3) is 0 Å². The van der Waals surface area contributed by atoms with Crippen LogP contribution in [-0.2, 0) is 16.0 Å². The summed E-state index contributed by atoms with van der Waals surface area (Å²) in [6.07, 6.45) is 0.331. The van der Waals surface area contributed by atoms with Crippen LogP contribution in [0.1, 0.15) is 11.1 Å². The number of benzene rings is 2. The molecule has 0 bridgehead atoms. The van der Waals surface area contributed by atoms with Crippen LogP contribution in [0.2, 0.25) is 0 Å².